The summed E-state index contributed by atoms with van der Waals surface area (Å²) in [5, 5.41) is 9.06. The fourth-order valence-electron chi connectivity index (χ4n) is 2.63. The minimum absolute atomic E-state index is 0.672. The Morgan fingerprint density at radius 3 is 2.88 bits per heavy atom. The number of hydrogen-bond acceptors (Lipinski definition) is 3. The van der Waals surface area contributed by atoms with Gasteiger partial charge in [-0.15, -0.1) is 0 Å². The first-order valence-corrected chi connectivity index (χ1v) is 6.37. The van der Waals surface area contributed by atoms with E-state index in [0.717, 1.165) is 18.3 Å². The molecule has 1 fully saturated rings. The molecular weight excluding hydrogens is 210 g/mol. The van der Waals surface area contributed by atoms with E-state index in [1.807, 2.05) is 19.2 Å². The normalized spacial score (nSPS) is 16.5. The third-order valence-electron chi connectivity index (χ3n) is 3.53. The van der Waals surface area contributed by atoms with E-state index >= 15 is 0 Å². The molecule has 2 rings (SSSR count). The molecule has 1 aromatic heterocycles. The van der Waals surface area contributed by atoms with Gasteiger partial charge < -0.3 is 4.90 Å². The van der Waals surface area contributed by atoms with Crippen molar-refractivity contribution in [3.05, 3.63) is 23.9 Å². The molecule has 1 saturated carbocycles. The summed E-state index contributed by atoms with van der Waals surface area (Å²) in [7, 11) is 2.04. The van der Waals surface area contributed by atoms with Gasteiger partial charge in [-0.25, -0.2) is 4.98 Å². The van der Waals surface area contributed by atoms with E-state index in [4.69, 9.17) is 5.26 Å². The molecule has 0 spiro atoms. The number of nitrogens with zero attached hydrogens (tertiary/aromatic N) is 3. The highest BCUT2D eigenvalue weighted by molar-refractivity contribution is 5.52. The van der Waals surface area contributed by atoms with Gasteiger partial charge in [0.25, 0.3) is 0 Å². The number of rotatable bonds is 3. The van der Waals surface area contributed by atoms with Crippen molar-refractivity contribution < 1.29 is 0 Å². The molecule has 0 aromatic carbocycles. The van der Waals surface area contributed by atoms with Crippen LogP contribution in [0.3, 0.4) is 0 Å². The Bertz CT molecular complexity index is 402. The summed E-state index contributed by atoms with van der Waals surface area (Å²) in [6.45, 7) is 1.02. The van der Waals surface area contributed by atoms with E-state index in [-0.39, 0.29) is 0 Å². The Hall–Kier alpha value is -1.56. The second-order valence-electron chi connectivity index (χ2n) is 4.87. The predicted octanol–water partition coefficient (Wildman–Crippen LogP) is 2.97. The van der Waals surface area contributed by atoms with Crippen molar-refractivity contribution in [1.29, 1.82) is 5.26 Å². The summed E-state index contributed by atoms with van der Waals surface area (Å²) >= 11 is 0. The van der Waals surface area contributed by atoms with Gasteiger partial charge in [0.15, 0.2) is 0 Å². The molecule has 0 bridgehead atoms. The zero-order chi connectivity index (χ0) is 12.1. The van der Waals surface area contributed by atoms with E-state index < -0.39 is 0 Å². The van der Waals surface area contributed by atoms with Gasteiger partial charge in [-0.1, -0.05) is 19.3 Å². The van der Waals surface area contributed by atoms with Crippen molar-refractivity contribution in [3.8, 4) is 6.07 Å². The SMILES string of the molecule is CN(CC1CCCCC1)c1ncccc1C#N. The molecule has 1 aliphatic rings. The first-order chi connectivity index (χ1) is 8.31. The maximum atomic E-state index is 9.06. The van der Waals surface area contributed by atoms with Gasteiger partial charge in [-0.2, -0.15) is 5.26 Å². The Morgan fingerprint density at radius 2 is 2.18 bits per heavy atom. The topological polar surface area (TPSA) is 39.9 Å². The lowest BCUT2D eigenvalue weighted by Crippen LogP contribution is -2.28. The number of anilines is 1. The summed E-state index contributed by atoms with van der Waals surface area (Å²) in [6, 6.07) is 5.86. The molecule has 3 nitrogen and oxygen atoms in total. The molecule has 0 amide bonds. The number of pyridine rings is 1. The predicted molar refractivity (Wildman–Crippen MR) is 68.8 cm³/mol. The molecule has 0 saturated heterocycles. The number of aromatic nitrogens is 1. The third-order valence-corrected chi connectivity index (χ3v) is 3.53. The van der Waals surface area contributed by atoms with Crippen LogP contribution in [0.25, 0.3) is 0 Å². The van der Waals surface area contributed by atoms with Gasteiger partial charge >= 0.3 is 0 Å². The average Bonchev–Trinajstić information content (AvgIpc) is 2.40. The Labute approximate surface area is 103 Å². The fourth-order valence-corrected chi connectivity index (χ4v) is 2.63. The lowest BCUT2D eigenvalue weighted by molar-refractivity contribution is 0.361. The van der Waals surface area contributed by atoms with Crippen LogP contribution in [0, 0.1) is 17.2 Å². The fraction of sp³-hybridized carbons (Fsp3) is 0.571. The maximum Gasteiger partial charge on any atom is 0.146 e. The summed E-state index contributed by atoms with van der Waals surface area (Å²) < 4.78 is 0. The molecule has 0 radical (unpaired) electrons. The molecule has 0 N–H and O–H groups in total. The minimum Gasteiger partial charge on any atom is -0.358 e. The second-order valence-corrected chi connectivity index (χ2v) is 4.87. The van der Waals surface area contributed by atoms with Crippen LogP contribution >= 0.6 is 0 Å². The summed E-state index contributed by atoms with van der Waals surface area (Å²) in [5.41, 5.74) is 0.672. The Balaban J connectivity index is 2.03. The highest BCUT2D eigenvalue weighted by Crippen LogP contribution is 2.26. The van der Waals surface area contributed by atoms with Crippen molar-refractivity contribution in [2.45, 2.75) is 32.1 Å². The minimum atomic E-state index is 0.672. The number of nitriles is 1. The molecule has 1 aromatic rings. The van der Waals surface area contributed by atoms with Crippen LogP contribution in [0.2, 0.25) is 0 Å². The van der Waals surface area contributed by atoms with E-state index in [2.05, 4.69) is 16.0 Å². The molecular formula is C14H19N3. The zero-order valence-corrected chi connectivity index (χ0v) is 10.4. The molecule has 3 heteroatoms. The average molecular weight is 229 g/mol. The van der Waals surface area contributed by atoms with Crippen LogP contribution < -0.4 is 4.90 Å². The summed E-state index contributed by atoms with van der Waals surface area (Å²) in [5.74, 6) is 1.59. The lowest BCUT2D eigenvalue weighted by Gasteiger charge is -2.28. The molecule has 0 unspecified atom stereocenters. The van der Waals surface area contributed by atoms with Gasteiger partial charge in [-0.3, -0.25) is 0 Å². The lowest BCUT2D eigenvalue weighted by atomic mass is 9.89. The van der Waals surface area contributed by atoms with Gasteiger partial charge in [0, 0.05) is 19.8 Å². The largest absolute Gasteiger partial charge is 0.358 e. The molecule has 17 heavy (non-hydrogen) atoms. The van der Waals surface area contributed by atoms with Crippen LogP contribution in [-0.2, 0) is 0 Å². The van der Waals surface area contributed by atoms with Crippen molar-refractivity contribution in [3.63, 3.8) is 0 Å². The van der Waals surface area contributed by atoms with Crippen LogP contribution in [0.4, 0.5) is 5.82 Å². The number of hydrogen-bond donors (Lipinski definition) is 0. The standard InChI is InChI=1S/C14H19N3/c1-17(11-12-6-3-2-4-7-12)14-13(10-15)8-5-9-16-14/h5,8-9,12H,2-4,6-7,11H2,1H3. The van der Waals surface area contributed by atoms with Gasteiger partial charge in [-0.05, 0) is 30.9 Å². The molecule has 1 aliphatic carbocycles. The van der Waals surface area contributed by atoms with Crippen molar-refractivity contribution in [1.82, 2.24) is 4.98 Å². The third kappa shape index (κ3) is 2.97. The van der Waals surface area contributed by atoms with E-state index in [9.17, 15) is 0 Å². The Morgan fingerprint density at radius 1 is 1.41 bits per heavy atom. The molecule has 0 atom stereocenters. The van der Waals surface area contributed by atoms with Crippen LogP contribution in [0.5, 0.6) is 0 Å². The van der Waals surface area contributed by atoms with Crippen molar-refractivity contribution in [2.24, 2.45) is 5.92 Å². The van der Waals surface area contributed by atoms with Crippen molar-refractivity contribution in [2.75, 3.05) is 18.5 Å². The molecule has 1 heterocycles. The van der Waals surface area contributed by atoms with Crippen LogP contribution in [0.15, 0.2) is 18.3 Å². The van der Waals surface area contributed by atoms with Crippen LogP contribution in [-0.4, -0.2) is 18.6 Å². The van der Waals surface area contributed by atoms with E-state index in [1.165, 1.54) is 32.1 Å². The quantitative estimate of drug-likeness (QED) is 0.800. The molecule has 90 valence electrons. The summed E-state index contributed by atoms with van der Waals surface area (Å²) in [6.07, 6.45) is 8.48. The molecule has 0 aliphatic heterocycles. The highest BCUT2D eigenvalue weighted by Gasteiger charge is 2.17. The van der Waals surface area contributed by atoms with E-state index in [1.54, 1.807) is 6.20 Å². The van der Waals surface area contributed by atoms with Gasteiger partial charge in [0.05, 0.1) is 5.56 Å². The van der Waals surface area contributed by atoms with Gasteiger partial charge in [0.2, 0.25) is 0 Å². The van der Waals surface area contributed by atoms with Gasteiger partial charge in [0.1, 0.15) is 11.9 Å². The smallest absolute Gasteiger partial charge is 0.146 e. The summed E-state index contributed by atoms with van der Waals surface area (Å²) in [4.78, 5) is 6.45. The van der Waals surface area contributed by atoms with Crippen molar-refractivity contribution >= 4 is 5.82 Å². The first kappa shape index (κ1) is 11.9. The first-order valence-electron chi connectivity index (χ1n) is 6.37. The maximum absolute atomic E-state index is 9.06. The highest BCUT2D eigenvalue weighted by atomic mass is 15.2. The zero-order valence-electron chi connectivity index (χ0n) is 10.4. The van der Waals surface area contributed by atoms with E-state index in [0.29, 0.717) is 5.56 Å². The second kappa shape index (κ2) is 5.67. The monoisotopic (exact) mass is 229 g/mol. The van der Waals surface area contributed by atoms with Crippen LogP contribution in [0.1, 0.15) is 37.7 Å². The Kier molecular flexibility index (Phi) is 3.98.